The van der Waals surface area contributed by atoms with Gasteiger partial charge in [-0.05, 0) is 43.7 Å². The summed E-state index contributed by atoms with van der Waals surface area (Å²) in [5.74, 6) is 1.15. The van der Waals surface area contributed by atoms with E-state index in [1.165, 1.54) is 6.07 Å². The summed E-state index contributed by atoms with van der Waals surface area (Å²) in [5.41, 5.74) is 0.773. The average Bonchev–Trinajstić information content (AvgIpc) is 3.16. The summed E-state index contributed by atoms with van der Waals surface area (Å²) in [6.07, 6.45) is 0.649. The van der Waals surface area contributed by atoms with Crippen LogP contribution in [0, 0.1) is 5.82 Å². The molecule has 134 valence electrons. The molecule has 0 unspecified atom stereocenters. The molecular weight excluding hydrogens is 343 g/mol. The molecule has 6 heteroatoms. The van der Waals surface area contributed by atoms with Crippen LogP contribution >= 0.6 is 11.6 Å². The number of fused-ring (bicyclic) bond motifs is 1. The van der Waals surface area contributed by atoms with Gasteiger partial charge in [-0.2, -0.15) is 0 Å². The fourth-order valence-corrected chi connectivity index (χ4v) is 4.15. The topological polar surface area (TPSA) is 39.9 Å². The zero-order chi connectivity index (χ0) is 17.6. The van der Waals surface area contributed by atoms with Gasteiger partial charge in [-0.1, -0.05) is 11.6 Å². The van der Waals surface area contributed by atoms with Gasteiger partial charge in [0.2, 0.25) is 0 Å². The highest BCUT2D eigenvalue weighted by atomic mass is 35.5. The predicted molar refractivity (Wildman–Crippen MR) is 95.0 cm³/mol. The van der Waals surface area contributed by atoms with E-state index >= 15 is 0 Å². The van der Waals surface area contributed by atoms with E-state index in [-0.39, 0.29) is 11.1 Å². The Morgan fingerprint density at radius 1 is 1.24 bits per heavy atom. The van der Waals surface area contributed by atoms with Crippen LogP contribution in [-0.4, -0.2) is 52.7 Å². The monoisotopic (exact) mass is 364 g/mol. The van der Waals surface area contributed by atoms with E-state index < -0.39 is 5.82 Å². The third kappa shape index (κ3) is 3.47. The van der Waals surface area contributed by atoms with Gasteiger partial charge in [0.15, 0.2) is 0 Å². The number of hydrogen-bond donors (Lipinski definition) is 1. The summed E-state index contributed by atoms with van der Waals surface area (Å²) in [5, 5.41) is 9.97. The van der Waals surface area contributed by atoms with E-state index in [1.54, 1.807) is 12.1 Å². The molecule has 4 rings (SSSR count). The maximum atomic E-state index is 13.3. The minimum atomic E-state index is -0.428. The SMILES string of the molecule is C[C@@H]1CN2C[C@H](O)C[C@@H]2CN1Cc1ccc(-c2ccc(F)c(Cl)c2)o1. The summed E-state index contributed by atoms with van der Waals surface area (Å²) in [7, 11) is 0. The van der Waals surface area contributed by atoms with Crippen molar-refractivity contribution in [2.24, 2.45) is 0 Å². The van der Waals surface area contributed by atoms with Gasteiger partial charge >= 0.3 is 0 Å². The highest BCUT2D eigenvalue weighted by Gasteiger charge is 2.38. The molecule has 3 atom stereocenters. The first-order valence-electron chi connectivity index (χ1n) is 8.70. The first-order valence-corrected chi connectivity index (χ1v) is 9.07. The molecule has 0 spiro atoms. The van der Waals surface area contributed by atoms with Crippen molar-refractivity contribution < 1.29 is 13.9 Å². The molecule has 0 bridgehead atoms. The van der Waals surface area contributed by atoms with Crippen molar-refractivity contribution in [2.45, 2.75) is 38.1 Å². The number of aliphatic hydroxyl groups excluding tert-OH is 1. The van der Waals surface area contributed by atoms with Crippen LogP contribution in [-0.2, 0) is 6.54 Å². The van der Waals surface area contributed by atoms with Crippen molar-refractivity contribution in [2.75, 3.05) is 19.6 Å². The molecule has 3 heterocycles. The molecule has 2 aliphatic rings. The van der Waals surface area contributed by atoms with Crippen LogP contribution in [0.1, 0.15) is 19.1 Å². The number of halogens is 2. The van der Waals surface area contributed by atoms with E-state index in [1.807, 2.05) is 12.1 Å². The Labute approximate surface area is 151 Å². The first-order chi connectivity index (χ1) is 12.0. The van der Waals surface area contributed by atoms with Crippen molar-refractivity contribution in [1.29, 1.82) is 0 Å². The van der Waals surface area contributed by atoms with Gasteiger partial charge in [0, 0.05) is 37.3 Å². The Kier molecular flexibility index (Phi) is 4.58. The lowest BCUT2D eigenvalue weighted by atomic mass is 10.1. The van der Waals surface area contributed by atoms with Crippen LogP contribution < -0.4 is 0 Å². The van der Waals surface area contributed by atoms with Crippen molar-refractivity contribution >= 4 is 11.6 Å². The zero-order valence-electron chi connectivity index (χ0n) is 14.2. The fraction of sp³-hybridized carbons (Fsp3) is 0.474. The molecular formula is C19H22ClFN2O2. The van der Waals surface area contributed by atoms with Crippen LogP contribution in [0.5, 0.6) is 0 Å². The molecule has 2 aliphatic heterocycles. The first kappa shape index (κ1) is 17.0. The van der Waals surface area contributed by atoms with Gasteiger partial charge in [-0.25, -0.2) is 4.39 Å². The Morgan fingerprint density at radius 2 is 2.08 bits per heavy atom. The number of rotatable bonds is 3. The number of aliphatic hydroxyl groups is 1. The lowest BCUT2D eigenvalue weighted by molar-refractivity contribution is 0.0485. The van der Waals surface area contributed by atoms with Crippen molar-refractivity contribution in [3.05, 3.63) is 46.9 Å². The van der Waals surface area contributed by atoms with E-state index in [9.17, 15) is 9.50 Å². The number of benzene rings is 1. The highest BCUT2D eigenvalue weighted by Crippen LogP contribution is 2.29. The van der Waals surface area contributed by atoms with E-state index in [4.69, 9.17) is 16.0 Å². The molecule has 0 saturated carbocycles. The van der Waals surface area contributed by atoms with Gasteiger partial charge in [-0.3, -0.25) is 9.80 Å². The second-order valence-electron chi connectivity index (χ2n) is 7.17. The van der Waals surface area contributed by atoms with Gasteiger partial charge in [0.05, 0.1) is 17.7 Å². The van der Waals surface area contributed by atoms with Crippen molar-refractivity contribution in [3.8, 4) is 11.3 Å². The third-order valence-corrected chi connectivity index (χ3v) is 5.59. The van der Waals surface area contributed by atoms with E-state index in [0.29, 0.717) is 17.8 Å². The van der Waals surface area contributed by atoms with Crippen molar-refractivity contribution in [1.82, 2.24) is 9.80 Å². The number of nitrogens with zero attached hydrogens (tertiary/aromatic N) is 2. The second-order valence-corrected chi connectivity index (χ2v) is 7.58. The highest BCUT2D eigenvalue weighted by molar-refractivity contribution is 6.31. The molecule has 25 heavy (non-hydrogen) atoms. The molecule has 2 aromatic rings. The standard InChI is InChI=1S/C19H22ClFN2O2/c1-12-8-23-10-15(24)7-14(23)9-22(12)11-16-3-5-19(25-16)13-2-4-18(21)17(20)6-13/h2-6,12,14-15,24H,7-11H2,1H3/t12-,14-,15-/m1/s1. The number of furan rings is 1. The smallest absolute Gasteiger partial charge is 0.141 e. The van der Waals surface area contributed by atoms with Gasteiger partial charge < -0.3 is 9.52 Å². The maximum Gasteiger partial charge on any atom is 0.141 e. The average molecular weight is 365 g/mol. The minimum absolute atomic E-state index is 0.0972. The number of piperazine rings is 1. The van der Waals surface area contributed by atoms with Gasteiger partial charge in [0.1, 0.15) is 17.3 Å². The van der Waals surface area contributed by atoms with Crippen LogP contribution in [0.4, 0.5) is 4.39 Å². The second kappa shape index (κ2) is 6.72. The largest absolute Gasteiger partial charge is 0.460 e. The van der Waals surface area contributed by atoms with Crippen LogP contribution in [0.25, 0.3) is 11.3 Å². The Bertz CT molecular complexity index is 766. The quantitative estimate of drug-likeness (QED) is 0.906. The third-order valence-electron chi connectivity index (χ3n) is 5.30. The van der Waals surface area contributed by atoms with Crippen LogP contribution in [0.15, 0.2) is 34.7 Å². The van der Waals surface area contributed by atoms with Gasteiger partial charge in [0.25, 0.3) is 0 Å². The fourth-order valence-electron chi connectivity index (χ4n) is 3.96. The molecule has 1 aromatic heterocycles. The summed E-state index contributed by atoms with van der Waals surface area (Å²) in [6, 6.07) is 9.32. The zero-order valence-corrected chi connectivity index (χ0v) is 14.9. The summed E-state index contributed by atoms with van der Waals surface area (Å²) >= 11 is 5.86. The summed E-state index contributed by atoms with van der Waals surface area (Å²) < 4.78 is 19.3. The molecule has 1 N–H and O–H groups in total. The summed E-state index contributed by atoms with van der Waals surface area (Å²) in [4.78, 5) is 4.79. The lowest BCUT2D eigenvalue weighted by Gasteiger charge is -2.41. The maximum absolute atomic E-state index is 13.3. The Morgan fingerprint density at radius 3 is 2.88 bits per heavy atom. The number of hydrogen-bond acceptors (Lipinski definition) is 4. The molecule has 2 saturated heterocycles. The molecule has 1 aromatic carbocycles. The van der Waals surface area contributed by atoms with Crippen molar-refractivity contribution in [3.63, 3.8) is 0 Å². The van der Waals surface area contributed by atoms with Crippen LogP contribution in [0.3, 0.4) is 0 Å². The Hall–Kier alpha value is -1.40. The molecule has 4 nitrogen and oxygen atoms in total. The lowest BCUT2D eigenvalue weighted by Crippen LogP contribution is -2.54. The molecule has 2 fully saturated rings. The minimum Gasteiger partial charge on any atom is -0.460 e. The predicted octanol–water partition coefficient (Wildman–Crippen LogP) is 3.38. The molecule has 0 amide bonds. The normalized spacial score (nSPS) is 27.6. The Balaban J connectivity index is 1.46. The summed E-state index contributed by atoms with van der Waals surface area (Å²) in [6.45, 7) is 5.65. The molecule has 0 aliphatic carbocycles. The van der Waals surface area contributed by atoms with E-state index in [0.717, 1.165) is 43.9 Å². The van der Waals surface area contributed by atoms with E-state index in [2.05, 4.69) is 16.7 Å². The molecule has 0 radical (unpaired) electrons. The van der Waals surface area contributed by atoms with Crippen LogP contribution in [0.2, 0.25) is 5.02 Å². The van der Waals surface area contributed by atoms with Gasteiger partial charge in [-0.15, -0.1) is 0 Å².